The van der Waals surface area contributed by atoms with Crippen LogP contribution in [0.2, 0.25) is 0 Å². The maximum atomic E-state index is 13.1. The van der Waals surface area contributed by atoms with Crippen LogP contribution < -0.4 is 4.74 Å². The van der Waals surface area contributed by atoms with E-state index in [1.165, 1.54) is 0 Å². The number of hydrogen-bond donors (Lipinski definition) is 1. The number of benzene rings is 1. The number of carboxylic acids is 1. The number of carboxylic acid groups (broad SMARTS) is 1. The van der Waals surface area contributed by atoms with Gasteiger partial charge in [-0.1, -0.05) is 12.1 Å². The number of ether oxygens (including phenoxy) is 1. The highest BCUT2D eigenvalue weighted by Crippen LogP contribution is 2.32. The number of alkyl halides is 3. The molecule has 2 aliphatic rings. The zero-order chi connectivity index (χ0) is 21.3. The molecule has 0 amide bonds. The summed E-state index contributed by atoms with van der Waals surface area (Å²) in [6.45, 7) is 1.00. The van der Waals surface area contributed by atoms with Crippen molar-refractivity contribution in [2.45, 2.75) is 37.8 Å². The van der Waals surface area contributed by atoms with E-state index in [2.05, 4.69) is 15.3 Å². The van der Waals surface area contributed by atoms with E-state index in [0.29, 0.717) is 43.4 Å². The molecule has 160 valence electrons. The van der Waals surface area contributed by atoms with Crippen LogP contribution in [0.3, 0.4) is 0 Å². The number of carbonyl (C=O) groups is 1. The van der Waals surface area contributed by atoms with Crippen LogP contribution in [-0.2, 0) is 17.4 Å². The van der Waals surface area contributed by atoms with Gasteiger partial charge in [0.25, 0.3) is 5.82 Å². The Morgan fingerprint density at radius 3 is 2.47 bits per heavy atom. The lowest BCUT2D eigenvalue weighted by Crippen LogP contribution is -2.40. The van der Waals surface area contributed by atoms with Crippen LogP contribution in [0.1, 0.15) is 42.4 Å². The van der Waals surface area contributed by atoms with Crippen LogP contribution in [-0.4, -0.2) is 56.4 Å². The Kier molecular flexibility index (Phi) is 5.35. The second-order valence-corrected chi connectivity index (χ2v) is 7.28. The summed E-state index contributed by atoms with van der Waals surface area (Å²) in [5.74, 6) is -0.446. The van der Waals surface area contributed by atoms with Gasteiger partial charge >= 0.3 is 12.1 Å². The molecule has 0 radical (unpaired) electrons. The number of piperidine rings is 1. The number of aliphatic carboxylic acids is 1. The van der Waals surface area contributed by atoms with Gasteiger partial charge in [0, 0.05) is 25.9 Å². The van der Waals surface area contributed by atoms with Gasteiger partial charge in [-0.2, -0.15) is 22.9 Å². The minimum atomic E-state index is -4.59. The molecule has 1 N–H and O–H groups in total. The summed E-state index contributed by atoms with van der Waals surface area (Å²) in [4.78, 5) is 12.6. The third kappa shape index (κ3) is 4.24. The third-order valence-corrected chi connectivity index (χ3v) is 5.32. The average molecular weight is 423 g/mol. The number of likely N-dealkylation sites (tertiary alicyclic amines) is 1. The van der Waals surface area contributed by atoms with Gasteiger partial charge in [0.15, 0.2) is 12.4 Å². The fourth-order valence-electron chi connectivity index (χ4n) is 3.81. The predicted octanol–water partition coefficient (Wildman–Crippen LogP) is 2.75. The van der Waals surface area contributed by atoms with E-state index in [1.54, 1.807) is 12.1 Å². The molecular formula is C19H20F3N5O3. The number of rotatable bonds is 4. The minimum Gasteiger partial charge on any atom is -0.482 e. The molecule has 0 saturated carbocycles. The minimum absolute atomic E-state index is 0.228. The third-order valence-electron chi connectivity index (χ3n) is 5.32. The van der Waals surface area contributed by atoms with Crippen LogP contribution >= 0.6 is 0 Å². The predicted molar refractivity (Wildman–Crippen MR) is 99.3 cm³/mol. The molecule has 0 atom stereocenters. The number of aromatic nitrogens is 3. The molecule has 4 rings (SSSR count). The summed E-state index contributed by atoms with van der Waals surface area (Å²) in [5.41, 5.74) is 1.13. The molecular weight excluding hydrogens is 403 g/mol. The molecule has 3 heterocycles. The molecule has 8 nitrogen and oxygen atoms in total. The van der Waals surface area contributed by atoms with Gasteiger partial charge in [-0.15, -0.1) is 10.2 Å². The van der Waals surface area contributed by atoms with E-state index in [-0.39, 0.29) is 12.4 Å². The molecule has 2 aliphatic heterocycles. The number of halogens is 3. The highest BCUT2D eigenvalue weighted by atomic mass is 19.4. The van der Waals surface area contributed by atoms with Gasteiger partial charge in [-0.05, 0) is 36.5 Å². The SMILES string of the molecule is O=C(O)COc1ccc(C2CCN(C3=Nn4c(nnc4C(F)(F)F)CC3)CC2)cc1. The zero-order valence-corrected chi connectivity index (χ0v) is 16.0. The van der Waals surface area contributed by atoms with Crippen molar-refractivity contribution in [1.82, 2.24) is 19.8 Å². The molecule has 1 aromatic heterocycles. The lowest BCUT2D eigenvalue weighted by atomic mass is 9.89. The standard InChI is InChI=1S/C19H20F3N5O3/c20-19(21,22)18-24-23-15-5-6-16(25-27(15)18)26-9-7-13(8-10-26)12-1-3-14(4-2-12)30-11-17(28)29/h1-4,13H,5-11H2,(H,28,29). The maximum Gasteiger partial charge on any atom is 0.453 e. The van der Waals surface area contributed by atoms with E-state index < -0.39 is 18.0 Å². The Hall–Kier alpha value is -3.11. The number of amidine groups is 1. The summed E-state index contributed by atoms with van der Waals surface area (Å²) in [6, 6.07) is 7.35. The Labute approximate surface area is 170 Å². The second-order valence-electron chi connectivity index (χ2n) is 7.28. The summed E-state index contributed by atoms with van der Waals surface area (Å²) in [7, 11) is 0. The van der Waals surface area contributed by atoms with Crippen molar-refractivity contribution >= 4 is 11.8 Å². The molecule has 0 unspecified atom stereocenters. The van der Waals surface area contributed by atoms with Crippen molar-refractivity contribution in [2.75, 3.05) is 19.7 Å². The van der Waals surface area contributed by atoms with Crippen molar-refractivity contribution in [3.63, 3.8) is 0 Å². The number of hydrogen-bond acceptors (Lipinski definition) is 6. The van der Waals surface area contributed by atoms with Crippen LogP contribution in [0.4, 0.5) is 13.2 Å². The molecule has 1 saturated heterocycles. The summed E-state index contributed by atoms with van der Waals surface area (Å²) < 4.78 is 45.2. The van der Waals surface area contributed by atoms with Gasteiger partial charge in [0.2, 0.25) is 0 Å². The second kappa shape index (κ2) is 7.96. The number of nitrogens with zero attached hydrogens (tertiary/aromatic N) is 5. The molecule has 1 fully saturated rings. The van der Waals surface area contributed by atoms with Crippen molar-refractivity contribution in [3.8, 4) is 5.75 Å². The first kappa shape index (κ1) is 20.2. The van der Waals surface area contributed by atoms with Crippen molar-refractivity contribution in [2.24, 2.45) is 5.10 Å². The largest absolute Gasteiger partial charge is 0.482 e. The normalized spacial score (nSPS) is 17.4. The number of aryl methyl sites for hydroxylation is 1. The highest BCUT2D eigenvalue weighted by Gasteiger charge is 2.40. The molecule has 2 aromatic rings. The Morgan fingerprint density at radius 1 is 1.13 bits per heavy atom. The average Bonchev–Trinajstić information content (AvgIpc) is 3.16. The fourth-order valence-corrected chi connectivity index (χ4v) is 3.81. The summed E-state index contributed by atoms with van der Waals surface area (Å²) >= 11 is 0. The number of fused-ring (bicyclic) bond motifs is 1. The topological polar surface area (TPSA) is 92.8 Å². The summed E-state index contributed by atoms with van der Waals surface area (Å²) in [5, 5.41) is 19.7. The lowest BCUT2D eigenvalue weighted by molar-refractivity contribution is -0.147. The Balaban J connectivity index is 1.39. The fraction of sp³-hybridized carbons (Fsp3) is 0.474. The first-order valence-electron chi connectivity index (χ1n) is 9.60. The Bertz CT molecular complexity index is 947. The first-order valence-corrected chi connectivity index (χ1v) is 9.60. The lowest BCUT2D eigenvalue weighted by Gasteiger charge is -2.35. The van der Waals surface area contributed by atoms with Gasteiger partial charge in [-0.25, -0.2) is 4.79 Å². The van der Waals surface area contributed by atoms with E-state index >= 15 is 0 Å². The molecule has 0 bridgehead atoms. The van der Waals surface area contributed by atoms with Gasteiger partial charge < -0.3 is 14.7 Å². The van der Waals surface area contributed by atoms with E-state index in [0.717, 1.165) is 23.1 Å². The van der Waals surface area contributed by atoms with E-state index in [4.69, 9.17) is 9.84 Å². The van der Waals surface area contributed by atoms with Crippen LogP contribution in [0, 0.1) is 0 Å². The zero-order valence-electron chi connectivity index (χ0n) is 16.0. The molecule has 30 heavy (non-hydrogen) atoms. The van der Waals surface area contributed by atoms with E-state index in [9.17, 15) is 18.0 Å². The maximum absolute atomic E-state index is 13.1. The van der Waals surface area contributed by atoms with Crippen LogP contribution in [0.25, 0.3) is 0 Å². The smallest absolute Gasteiger partial charge is 0.453 e. The molecule has 11 heteroatoms. The monoisotopic (exact) mass is 423 g/mol. The van der Waals surface area contributed by atoms with Gasteiger partial charge in [0.1, 0.15) is 11.6 Å². The van der Waals surface area contributed by atoms with E-state index in [1.807, 2.05) is 17.0 Å². The molecule has 0 spiro atoms. The van der Waals surface area contributed by atoms with Crippen molar-refractivity contribution in [1.29, 1.82) is 0 Å². The van der Waals surface area contributed by atoms with Gasteiger partial charge in [0.05, 0.1) is 0 Å². The quantitative estimate of drug-likeness (QED) is 0.813. The molecule has 0 aliphatic carbocycles. The van der Waals surface area contributed by atoms with Crippen molar-refractivity contribution < 1.29 is 27.8 Å². The first-order chi connectivity index (χ1) is 14.3. The van der Waals surface area contributed by atoms with Crippen LogP contribution in [0.5, 0.6) is 5.75 Å². The highest BCUT2D eigenvalue weighted by molar-refractivity contribution is 5.83. The van der Waals surface area contributed by atoms with Crippen molar-refractivity contribution in [3.05, 3.63) is 41.5 Å². The molecule has 1 aromatic carbocycles. The van der Waals surface area contributed by atoms with Crippen LogP contribution in [0.15, 0.2) is 29.4 Å². The summed E-state index contributed by atoms with van der Waals surface area (Å²) in [6.07, 6.45) is -1.99. The van der Waals surface area contributed by atoms with Gasteiger partial charge in [-0.3, -0.25) is 0 Å². The Morgan fingerprint density at radius 2 is 1.83 bits per heavy atom.